The molecule has 24 heavy (non-hydrogen) atoms. The van der Waals surface area contributed by atoms with Gasteiger partial charge in [-0.2, -0.15) is 0 Å². The number of fused-ring (bicyclic) bond motifs is 2. The molecule has 0 radical (unpaired) electrons. The molecular weight excluding hydrogens is 351 g/mol. The maximum atomic E-state index is 12.7. The van der Waals surface area contributed by atoms with Crippen LogP contribution in [0.3, 0.4) is 0 Å². The smallest absolute Gasteiger partial charge is 0.263 e. The maximum Gasteiger partial charge on any atom is 0.263 e. The van der Waals surface area contributed by atoms with E-state index >= 15 is 0 Å². The molecule has 6 nitrogen and oxygen atoms in total. The molecule has 2 aromatic heterocycles. The number of rotatable bonds is 2. The molecule has 2 heterocycles. The van der Waals surface area contributed by atoms with Crippen molar-refractivity contribution in [2.24, 2.45) is 0 Å². The molecule has 0 aliphatic rings. The number of benzene rings is 2. The molecular formula is C16H10Cl2N4O2. The van der Waals surface area contributed by atoms with Crippen molar-refractivity contribution >= 4 is 45.1 Å². The summed E-state index contributed by atoms with van der Waals surface area (Å²) in [6.45, 7) is 0.205. The third kappa shape index (κ3) is 2.31. The van der Waals surface area contributed by atoms with Gasteiger partial charge in [-0.25, -0.2) is 9.97 Å². The fourth-order valence-corrected chi connectivity index (χ4v) is 3.14. The van der Waals surface area contributed by atoms with E-state index in [4.69, 9.17) is 23.2 Å². The van der Waals surface area contributed by atoms with Gasteiger partial charge in [0.1, 0.15) is 11.3 Å². The second-order valence-electron chi connectivity index (χ2n) is 5.29. The maximum absolute atomic E-state index is 12.7. The number of phenols is 1. The van der Waals surface area contributed by atoms with Gasteiger partial charge >= 0.3 is 0 Å². The first-order valence-corrected chi connectivity index (χ1v) is 7.80. The van der Waals surface area contributed by atoms with Crippen LogP contribution in [0.5, 0.6) is 5.75 Å². The number of nitrogens with one attached hydrogen (secondary N) is 1. The number of hydrogen-bond acceptors (Lipinski definition) is 4. The van der Waals surface area contributed by atoms with Crippen LogP contribution in [0.2, 0.25) is 10.0 Å². The average molecular weight is 361 g/mol. The topological polar surface area (TPSA) is 83.8 Å². The van der Waals surface area contributed by atoms with Gasteiger partial charge in [0, 0.05) is 0 Å². The van der Waals surface area contributed by atoms with E-state index in [9.17, 15) is 9.90 Å². The van der Waals surface area contributed by atoms with Crippen LogP contribution in [-0.2, 0) is 6.54 Å². The zero-order valence-electron chi connectivity index (χ0n) is 12.1. The van der Waals surface area contributed by atoms with Crippen molar-refractivity contribution in [1.29, 1.82) is 0 Å². The Kier molecular flexibility index (Phi) is 3.44. The van der Waals surface area contributed by atoms with E-state index in [-0.39, 0.29) is 38.8 Å². The molecule has 0 unspecified atom stereocenters. The molecule has 0 saturated heterocycles. The molecule has 0 atom stereocenters. The number of imidazole rings is 1. The van der Waals surface area contributed by atoms with E-state index in [0.29, 0.717) is 5.82 Å². The molecule has 0 bridgehead atoms. The predicted octanol–water partition coefficient (Wildman–Crippen LogP) is 3.33. The number of aromatic nitrogens is 4. The van der Waals surface area contributed by atoms with Crippen molar-refractivity contribution in [3.63, 3.8) is 0 Å². The largest absolute Gasteiger partial charge is 0.504 e. The Morgan fingerprint density at radius 2 is 2.00 bits per heavy atom. The summed E-state index contributed by atoms with van der Waals surface area (Å²) in [6.07, 6.45) is 1.34. The Balaban J connectivity index is 1.85. The molecule has 2 N–H and O–H groups in total. The van der Waals surface area contributed by atoms with Crippen LogP contribution >= 0.6 is 23.2 Å². The molecule has 4 rings (SSSR count). The number of phenolic OH excluding ortho intramolecular Hbond substituents is 1. The van der Waals surface area contributed by atoms with Gasteiger partial charge in [-0.15, -0.1) is 0 Å². The number of para-hydroxylation sites is 2. The fourth-order valence-electron chi connectivity index (χ4n) is 2.60. The highest BCUT2D eigenvalue weighted by Crippen LogP contribution is 2.34. The van der Waals surface area contributed by atoms with Crippen molar-refractivity contribution in [1.82, 2.24) is 19.5 Å². The lowest BCUT2D eigenvalue weighted by atomic mass is 10.2. The summed E-state index contributed by atoms with van der Waals surface area (Å²) in [5.41, 5.74) is 1.41. The minimum atomic E-state index is -0.377. The van der Waals surface area contributed by atoms with E-state index in [0.717, 1.165) is 11.0 Å². The Morgan fingerprint density at radius 1 is 1.21 bits per heavy atom. The molecule has 0 aliphatic heterocycles. The molecule has 120 valence electrons. The quantitative estimate of drug-likeness (QED) is 0.574. The van der Waals surface area contributed by atoms with Gasteiger partial charge in [0.2, 0.25) is 0 Å². The lowest BCUT2D eigenvalue weighted by molar-refractivity contribution is 0.480. The first-order valence-electron chi connectivity index (χ1n) is 7.04. The van der Waals surface area contributed by atoms with Crippen LogP contribution in [0.4, 0.5) is 0 Å². The molecule has 0 amide bonds. The number of aromatic hydroxyl groups is 1. The van der Waals surface area contributed by atoms with Gasteiger partial charge in [-0.3, -0.25) is 9.36 Å². The van der Waals surface area contributed by atoms with E-state index in [1.54, 1.807) is 0 Å². The molecule has 8 heteroatoms. The second kappa shape index (κ2) is 5.51. The van der Waals surface area contributed by atoms with Crippen LogP contribution in [0.1, 0.15) is 5.82 Å². The van der Waals surface area contributed by atoms with Gasteiger partial charge in [0.05, 0.1) is 39.3 Å². The fraction of sp³-hybridized carbons (Fsp3) is 0.0625. The van der Waals surface area contributed by atoms with Crippen molar-refractivity contribution < 1.29 is 5.11 Å². The molecule has 0 fully saturated rings. The van der Waals surface area contributed by atoms with Crippen LogP contribution in [0.15, 0.2) is 41.5 Å². The van der Waals surface area contributed by atoms with Gasteiger partial charge in [-0.1, -0.05) is 35.3 Å². The number of halogens is 2. The van der Waals surface area contributed by atoms with Gasteiger partial charge < -0.3 is 10.1 Å². The lowest BCUT2D eigenvalue weighted by Gasteiger charge is -2.08. The lowest BCUT2D eigenvalue weighted by Crippen LogP contribution is -2.22. The summed E-state index contributed by atoms with van der Waals surface area (Å²) in [7, 11) is 0. The summed E-state index contributed by atoms with van der Waals surface area (Å²) in [6, 6.07) is 8.91. The zero-order chi connectivity index (χ0) is 16.8. The third-order valence-corrected chi connectivity index (χ3v) is 4.33. The first kappa shape index (κ1) is 15.0. The summed E-state index contributed by atoms with van der Waals surface area (Å²) in [4.78, 5) is 24.4. The molecule has 0 spiro atoms. The molecule has 2 aromatic carbocycles. The van der Waals surface area contributed by atoms with E-state index in [2.05, 4.69) is 15.0 Å². The van der Waals surface area contributed by atoms with Gasteiger partial charge in [0.15, 0.2) is 5.75 Å². The standard InChI is InChI=1S/C16H10Cl2N4O2/c17-8-5-9(18)15(23)14-13(8)16(24)22(7-19-14)6-12-20-10-3-1-2-4-11(10)21-12/h1-5,7,23H,6H2,(H,20,21). The van der Waals surface area contributed by atoms with Crippen LogP contribution in [0, 0.1) is 0 Å². The van der Waals surface area contributed by atoms with Gasteiger partial charge in [-0.05, 0) is 18.2 Å². The van der Waals surface area contributed by atoms with Crippen molar-refractivity contribution in [3.05, 3.63) is 62.9 Å². The monoisotopic (exact) mass is 360 g/mol. The summed E-state index contributed by atoms with van der Waals surface area (Å²) in [5.74, 6) is 0.359. The summed E-state index contributed by atoms with van der Waals surface area (Å²) < 4.78 is 1.37. The third-order valence-electron chi connectivity index (χ3n) is 3.74. The number of nitrogens with zero attached hydrogens (tertiary/aromatic N) is 3. The number of hydrogen-bond donors (Lipinski definition) is 2. The first-order chi connectivity index (χ1) is 11.5. The van der Waals surface area contributed by atoms with Crippen molar-refractivity contribution in [2.75, 3.05) is 0 Å². The average Bonchev–Trinajstić information content (AvgIpc) is 2.97. The van der Waals surface area contributed by atoms with E-state index in [1.165, 1.54) is 17.0 Å². The van der Waals surface area contributed by atoms with Crippen molar-refractivity contribution in [2.45, 2.75) is 6.54 Å². The molecule has 0 aliphatic carbocycles. The Labute approximate surface area is 145 Å². The molecule has 0 saturated carbocycles. The Morgan fingerprint density at radius 3 is 2.79 bits per heavy atom. The highest BCUT2D eigenvalue weighted by Gasteiger charge is 2.15. The van der Waals surface area contributed by atoms with Crippen LogP contribution < -0.4 is 5.56 Å². The Bertz CT molecular complexity index is 1120. The summed E-state index contributed by atoms with van der Waals surface area (Å²) >= 11 is 12.0. The minimum absolute atomic E-state index is 0.0504. The zero-order valence-corrected chi connectivity index (χ0v) is 13.6. The Hall–Kier alpha value is -2.57. The second-order valence-corrected chi connectivity index (χ2v) is 6.11. The van der Waals surface area contributed by atoms with Crippen LogP contribution in [0.25, 0.3) is 21.9 Å². The summed E-state index contributed by atoms with van der Waals surface area (Å²) in [5, 5.41) is 10.3. The van der Waals surface area contributed by atoms with Crippen LogP contribution in [-0.4, -0.2) is 24.6 Å². The van der Waals surface area contributed by atoms with Gasteiger partial charge in [0.25, 0.3) is 5.56 Å². The van der Waals surface area contributed by atoms with Crippen molar-refractivity contribution in [3.8, 4) is 5.75 Å². The highest BCUT2D eigenvalue weighted by molar-refractivity contribution is 6.39. The number of H-pyrrole nitrogens is 1. The molecule has 4 aromatic rings. The highest BCUT2D eigenvalue weighted by atomic mass is 35.5. The van der Waals surface area contributed by atoms with E-state index < -0.39 is 0 Å². The van der Waals surface area contributed by atoms with E-state index in [1.807, 2.05) is 24.3 Å². The normalized spacial score (nSPS) is 11.4. The predicted molar refractivity (Wildman–Crippen MR) is 92.9 cm³/mol. The number of aromatic amines is 1. The minimum Gasteiger partial charge on any atom is -0.504 e. The SMILES string of the molecule is O=c1c2c(Cl)cc(Cl)c(O)c2ncn1Cc1nc2ccccc2[nH]1.